The Balaban J connectivity index is 2.21. The summed E-state index contributed by atoms with van der Waals surface area (Å²) in [5.41, 5.74) is 1.35. The molecule has 1 aliphatic rings. The third kappa shape index (κ3) is 2.14. The second-order valence-electron chi connectivity index (χ2n) is 4.30. The fourth-order valence-electron chi connectivity index (χ4n) is 1.96. The van der Waals surface area contributed by atoms with Gasteiger partial charge in [0.15, 0.2) is 6.29 Å². The van der Waals surface area contributed by atoms with Crippen LogP contribution in [0.25, 0.3) is 0 Å². The number of nitrogens with zero attached hydrogens (tertiary/aromatic N) is 3. The Bertz CT molecular complexity index is 371. The molecule has 5 nitrogen and oxygen atoms in total. The molecule has 1 unspecified atom stereocenters. The lowest BCUT2D eigenvalue weighted by atomic mass is 10.2. The van der Waals surface area contributed by atoms with E-state index in [4.69, 9.17) is 4.74 Å². The third-order valence-corrected chi connectivity index (χ3v) is 3.17. The normalized spacial score (nSPS) is 17.4. The molecule has 1 saturated carbocycles. The first-order valence-electron chi connectivity index (χ1n) is 5.66. The highest BCUT2D eigenvalue weighted by Crippen LogP contribution is 2.39. The van der Waals surface area contributed by atoms with E-state index in [0.717, 1.165) is 12.0 Å². The van der Waals surface area contributed by atoms with Gasteiger partial charge in [-0.25, -0.2) is 4.68 Å². The molecule has 16 heavy (non-hydrogen) atoms. The molecule has 1 atom stereocenters. The summed E-state index contributed by atoms with van der Waals surface area (Å²) in [5, 5.41) is 7.99. The summed E-state index contributed by atoms with van der Waals surface area (Å²) in [5.74, 6) is 0.697. The van der Waals surface area contributed by atoms with E-state index in [1.807, 2.05) is 4.68 Å². The van der Waals surface area contributed by atoms with Crippen LogP contribution in [-0.2, 0) is 11.2 Å². The molecule has 2 rings (SSSR count). The van der Waals surface area contributed by atoms with Crippen molar-refractivity contribution in [1.82, 2.24) is 15.0 Å². The largest absolute Gasteiger partial charge is 0.384 e. The van der Waals surface area contributed by atoms with Gasteiger partial charge in [-0.3, -0.25) is 4.79 Å². The van der Waals surface area contributed by atoms with Gasteiger partial charge in [0.2, 0.25) is 0 Å². The summed E-state index contributed by atoms with van der Waals surface area (Å²) in [6, 6.07) is 0.341. The SMILES string of the molecule is COCCc1c(C=O)nnn1C(C)C1CC1. The van der Waals surface area contributed by atoms with Gasteiger partial charge in [0, 0.05) is 13.5 Å². The standard InChI is InChI=1S/C11H17N3O2/c1-8(9-3-4-9)14-11(5-6-16-2)10(7-15)12-13-14/h7-9H,3-6H2,1-2H3. The maximum atomic E-state index is 10.9. The number of carbonyl (C=O) groups is 1. The molecule has 1 aromatic heterocycles. The van der Waals surface area contributed by atoms with Crippen LogP contribution in [-0.4, -0.2) is 35.0 Å². The first-order chi connectivity index (χ1) is 7.77. The number of hydrogen-bond donors (Lipinski definition) is 0. The van der Waals surface area contributed by atoms with Crippen LogP contribution in [0.5, 0.6) is 0 Å². The molecule has 0 aliphatic heterocycles. The van der Waals surface area contributed by atoms with Crippen LogP contribution in [0.4, 0.5) is 0 Å². The molecule has 88 valence electrons. The van der Waals surface area contributed by atoms with Crippen molar-refractivity contribution >= 4 is 6.29 Å². The minimum absolute atomic E-state index is 0.341. The summed E-state index contributed by atoms with van der Waals surface area (Å²) in [7, 11) is 1.65. The van der Waals surface area contributed by atoms with Crippen LogP contribution in [0, 0.1) is 5.92 Å². The number of methoxy groups -OCH3 is 1. The lowest BCUT2D eigenvalue weighted by Gasteiger charge is -2.13. The highest BCUT2D eigenvalue weighted by molar-refractivity contribution is 5.73. The predicted octanol–water partition coefficient (Wildman–Crippen LogP) is 1.25. The molecule has 1 heterocycles. The van der Waals surface area contributed by atoms with E-state index < -0.39 is 0 Å². The average Bonchev–Trinajstić information content (AvgIpc) is 3.06. The summed E-state index contributed by atoms with van der Waals surface area (Å²) >= 11 is 0. The van der Waals surface area contributed by atoms with Gasteiger partial charge in [-0.15, -0.1) is 5.10 Å². The molecule has 0 bridgehead atoms. The topological polar surface area (TPSA) is 57.0 Å². The quantitative estimate of drug-likeness (QED) is 0.681. The van der Waals surface area contributed by atoms with Crippen LogP contribution < -0.4 is 0 Å². The Morgan fingerprint density at radius 2 is 2.38 bits per heavy atom. The van der Waals surface area contributed by atoms with Crippen molar-refractivity contribution in [1.29, 1.82) is 0 Å². The number of carbonyl (C=O) groups excluding carboxylic acids is 1. The number of aldehydes is 1. The summed E-state index contributed by atoms with van der Waals surface area (Å²) in [6.07, 6.45) is 3.96. The first kappa shape index (κ1) is 11.3. The van der Waals surface area contributed by atoms with E-state index in [1.165, 1.54) is 12.8 Å². The van der Waals surface area contributed by atoms with Crippen molar-refractivity contribution in [3.63, 3.8) is 0 Å². The fraction of sp³-hybridized carbons (Fsp3) is 0.727. The number of ether oxygens (including phenoxy) is 1. The molecular weight excluding hydrogens is 206 g/mol. The Hall–Kier alpha value is -1.23. The van der Waals surface area contributed by atoms with Crippen molar-refractivity contribution in [2.75, 3.05) is 13.7 Å². The minimum Gasteiger partial charge on any atom is -0.384 e. The first-order valence-corrected chi connectivity index (χ1v) is 5.66. The van der Waals surface area contributed by atoms with Crippen molar-refractivity contribution in [3.05, 3.63) is 11.4 Å². The van der Waals surface area contributed by atoms with Crippen molar-refractivity contribution in [2.45, 2.75) is 32.2 Å². The molecule has 5 heteroatoms. The predicted molar refractivity (Wildman–Crippen MR) is 58.4 cm³/mol. The van der Waals surface area contributed by atoms with Gasteiger partial charge < -0.3 is 4.74 Å². The van der Waals surface area contributed by atoms with Gasteiger partial charge in [0.25, 0.3) is 0 Å². The summed E-state index contributed by atoms with van der Waals surface area (Å²) in [6.45, 7) is 2.73. The van der Waals surface area contributed by atoms with Gasteiger partial charge in [-0.05, 0) is 25.7 Å². The molecule has 0 radical (unpaired) electrons. The van der Waals surface area contributed by atoms with Crippen molar-refractivity contribution in [3.8, 4) is 0 Å². The van der Waals surface area contributed by atoms with E-state index >= 15 is 0 Å². The second-order valence-corrected chi connectivity index (χ2v) is 4.30. The van der Waals surface area contributed by atoms with Gasteiger partial charge in [0.05, 0.1) is 18.3 Å². The Morgan fingerprint density at radius 3 is 2.94 bits per heavy atom. The van der Waals surface area contributed by atoms with E-state index in [-0.39, 0.29) is 0 Å². The van der Waals surface area contributed by atoms with Crippen LogP contribution in [0.1, 0.15) is 42.0 Å². The lowest BCUT2D eigenvalue weighted by Crippen LogP contribution is -2.14. The number of aromatic nitrogens is 3. The molecule has 0 N–H and O–H groups in total. The summed E-state index contributed by atoms with van der Waals surface area (Å²) in [4.78, 5) is 10.9. The zero-order chi connectivity index (χ0) is 11.5. The number of hydrogen-bond acceptors (Lipinski definition) is 4. The van der Waals surface area contributed by atoms with Gasteiger partial charge in [-0.2, -0.15) is 0 Å². The Morgan fingerprint density at radius 1 is 1.62 bits per heavy atom. The fourth-order valence-corrected chi connectivity index (χ4v) is 1.96. The lowest BCUT2D eigenvalue weighted by molar-refractivity contribution is 0.111. The second kappa shape index (κ2) is 4.74. The molecule has 0 aromatic carbocycles. The molecule has 0 saturated heterocycles. The summed E-state index contributed by atoms with van der Waals surface area (Å²) < 4.78 is 6.93. The van der Waals surface area contributed by atoms with Crippen molar-refractivity contribution in [2.24, 2.45) is 5.92 Å². The highest BCUT2D eigenvalue weighted by Gasteiger charge is 2.31. The van der Waals surface area contributed by atoms with E-state index in [9.17, 15) is 4.79 Å². The maximum Gasteiger partial charge on any atom is 0.172 e. The Labute approximate surface area is 94.8 Å². The highest BCUT2D eigenvalue weighted by atomic mass is 16.5. The minimum atomic E-state index is 0.341. The van der Waals surface area contributed by atoms with Crippen LogP contribution in [0.15, 0.2) is 0 Å². The van der Waals surface area contributed by atoms with Gasteiger partial charge in [0.1, 0.15) is 5.69 Å². The van der Waals surface area contributed by atoms with Crippen LogP contribution >= 0.6 is 0 Å². The number of rotatable bonds is 6. The van der Waals surface area contributed by atoms with E-state index in [0.29, 0.717) is 30.7 Å². The van der Waals surface area contributed by atoms with Crippen LogP contribution in [0.2, 0.25) is 0 Å². The Kier molecular flexibility index (Phi) is 3.33. The smallest absolute Gasteiger partial charge is 0.172 e. The zero-order valence-electron chi connectivity index (χ0n) is 9.72. The molecular formula is C11H17N3O2. The van der Waals surface area contributed by atoms with E-state index in [2.05, 4.69) is 17.2 Å². The third-order valence-electron chi connectivity index (χ3n) is 3.17. The monoisotopic (exact) mass is 223 g/mol. The average molecular weight is 223 g/mol. The molecule has 1 aliphatic carbocycles. The van der Waals surface area contributed by atoms with Crippen molar-refractivity contribution < 1.29 is 9.53 Å². The van der Waals surface area contributed by atoms with E-state index in [1.54, 1.807) is 7.11 Å². The molecule has 1 aromatic rings. The zero-order valence-corrected chi connectivity index (χ0v) is 9.72. The maximum absolute atomic E-state index is 10.9. The molecule has 1 fully saturated rings. The van der Waals surface area contributed by atoms with Gasteiger partial charge in [-0.1, -0.05) is 5.21 Å². The molecule has 0 amide bonds. The van der Waals surface area contributed by atoms with Crippen LogP contribution in [0.3, 0.4) is 0 Å². The van der Waals surface area contributed by atoms with Gasteiger partial charge >= 0.3 is 0 Å². The molecule has 0 spiro atoms.